The van der Waals surface area contributed by atoms with Gasteiger partial charge < -0.3 is 15.9 Å². The summed E-state index contributed by atoms with van der Waals surface area (Å²) >= 11 is 0. The molecule has 4 N–H and O–H groups in total. The van der Waals surface area contributed by atoms with E-state index in [-0.39, 0.29) is 24.8 Å². The lowest BCUT2D eigenvalue weighted by Crippen LogP contribution is -2.47. The molecule has 3 rings (SSSR count). The highest BCUT2D eigenvalue weighted by Crippen LogP contribution is 2.16. The van der Waals surface area contributed by atoms with E-state index in [0.29, 0.717) is 24.0 Å². The average Bonchev–Trinajstić information content (AvgIpc) is 2.82. The summed E-state index contributed by atoms with van der Waals surface area (Å²) in [6, 6.07) is 21.4. The maximum atomic E-state index is 13.0. The Bertz CT molecular complexity index is 979. The molecule has 0 saturated carbocycles. The van der Waals surface area contributed by atoms with Crippen LogP contribution in [0.3, 0.4) is 0 Å². The summed E-state index contributed by atoms with van der Waals surface area (Å²) in [6.45, 7) is -0.480. The van der Waals surface area contributed by atoms with Crippen LogP contribution in [0.5, 0.6) is 0 Å². The number of hydrogen-bond acceptors (Lipinski definition) is 4. The van der Waals surface area contributed by atoms with Crippen molar-refractivity contribution in [1.29, 1.82) is 0 Å². The minimum Gasteiger partial charge on any atom is -0.394 e. The zero-order chi connectivity index (χ0) is 22.3. The first kappa shape index (κ1) is 22.8. The number of nitrogens with two attached hydrogens (primary N) is 1. The van der Waals surface area contributed by atoms with Gasteiger partial charge in [0.05, 0.1) is 18.8 Å². The van der Waals surface area contributed by atoms with Crippen molar-refractivity contribution in [3.8, 4) is 0 Å². The summed E-state index contributed by atoms with van der Waals surface area (Å²) in [6.07, 6.45) is 2.94. The third-order valence-corrected chi connectivity index (χ3v) is 5.59. The summed E-state index contributed by atoms with van der Waals surface area (Å²) in [7, 11) is 0. The van der Waals surface area contributed by atoms with Crippen LogP contribution < -0.4 is 5.73 Å². The Hall–Kier alpha value is -2.86. The fraction of sp³-hybridized carbons (Fsp3) is 0.269. The molecule has 0 aliphatic rings. The number of aliphatic hydroxyl groups is 2. The smallest absolute Gasteiger partial charge is 0.193 e. The standard InChI is InChI=1S/C26H28FNO3/c27-24-13-11-23(12-14-24)25(31)22-9-7-20(8-10-22)2-1-19-3-5-21(6-4-19)15-16-26(28,17-29)18-30/h3-14,29-30H,1-2,15-18,28H2. The number of ketones is 1. The minimum absolute atomic E-state index is 0.119. The van der Waals surface area contributed by atoms with Gasteiger partial charge in [-0.15, -0.1) is 0 Å². The Morgan fingerprint density at radius 2 is 1.10 bits per heavy atom. The number of carbonyl (C=O) groups is 1. The van der Waals surface area contributed by atoms with Crippen molar-refractivity contribution in [2.45, 2.75) is 31.2 Å². The molecule has 31 heavy (non-hydrogen) atoms. The van der Waals surface area contributed by atoms with Gasteiger partial charge in [-0.3, -0.25) is 4.79 Å². The predicted molar refractivity (Wildman–Crippen MR) is 120 cm³/mol. The van der Waals surface area contributed by atoms with E-state index in [1.165, 1.54) is 29.8 Å². The summed E-state index contributed by atoms with van der Waals surface area (Å²) in [5.41, 5.74) is 9.49. The predicted octanol–water partition coefficient (Wildman–Crippen LogP) is 3.46. The summed E-state index contributed by atoms with van der Waals surface area (Å²) in [5.74, 6) is -0.478. The molecule has 0 fully saturated rings. The Labute approximate surface area is 182 Å². The zero-order valence-corrected chi connectivity index (χ0v) is 17.4. The van der Waals surface area contributed by atoms with Crippen LogP contribution in [0.1, 0.15) is 39.0 Å². The van der Waals surface area contributed by atoms with Crippen LogP contribution in [-0.2, 0) is 19.3 Å². The number of hydrogen-bond donors (Lipinski definition) is 3. The number of benzene rings is 3. The number of rotatable bonds is 10. The molecule has 0 unspecified atom stereocenters. The third kappa shape index (κ3) is 6.31. The average molecular weight is 422 g/mol. The molecule has 162 valence electrons. The molecule has 5 heteroatoms. The lowest BCUT2D eigenvalue weighted by atomic mass is 9.93. The fourth-order valence-electron chi connectivity index (χ4n) is 3.35. The molecule has 0 saturated heterocycles. The zero-order valence-electron chi connectivity index (χ0n) is 17.4. The first-order valence-corrected chi connectivity index (χ1v) is 10.4. The topological polar surface area (TPSA) is 83.6 Å². The Morgan fingerprint density at radius 1 is 0.710 bits per heavy atom. The summed E-state index contributed by atoms with van der Waals surface area (Å²) in [5, 5.41) is 18.6. The van der Waals surface area contributed by atoms with Crippen LogP contribution in [0.15, 0.2) is 72.8 Å². The minimum atomic E-state index is -0.942. The number of aliphatic hydroxyl groups excluding tert-OH is 2. The molecule has 0 aromatic heterocycles. The van der Waals surface area contributed by atoms with Gasteiger partial charge in [0.1, 0.15) is 5.82 Å². The van der Waals surface area contributed by atoms with E-state index in [1.807, 2.05) is 24.3 Å². The summed E-state index contributed by atoms with van der Waals surface area (Å²) < 4.78 is 13.0. The van der Waals surface area contributed by atoms with Gasteiger partial charge in [0, 0.05) is 11.1 Å². The van der Waals surface area contributed by atoms with Crippen LogP contribution in [0.4, 0.5) is 4.39 Å². The lowest BCUT2D eigenvalue weighted by Gasteiger charge is -2.24. The van der Waals surface area contributed by atoms with Crippen LogP contribution >= 0.6 is 0 Å². The lowest BCUT2D eigenvalue weighted by molar-refractivity contribution is 0.103. The van der Waals surface area contributed by atoms with Gasteiger partial charge in [0.25, 0.3) is 0 Å². The molecule has 0 spiro atoms. The van der Waals surface area contributed by atoms with Crippen LogP contribution in [0, 0.1) is 5.82 Å². The molecular formula is C26H28FNO3. The Morgan fingerprint density at radius 3 is 1.55 bits per heavy atom. The highest BCUT2D eigenvalue weighted by Gasteiger charge is 2.22. The quantitative estimate of drug-likeness (QED) is 0.438. The number of carbonyl (C=O) groups excluding carboxylic acids is 1. The number of halogens is 1. The highest BCUT2D eigenvalue weighted by molar-refractivity contribution is 6.08. The fourth-order valence-corrected chi connectivity index (χ4v) is 3.35. The molecule has 0 amide bonds. The molecule has 0 atom stereocenters. The Kier molecular flexibility index (Phi) is 7.69. The van der Waals surface area contributed by atoms with E-state index in [4.69, 9.17) is 5.73 Å². The van der Waals surface area contributed by atoms with Crippen molar-refractivity contribution in [2.24, 2.45) is 5.73 Å². The molecular weight excluding hydrogens is 393 g/mol. The van der Waals surface area contributed by atoms with Gasteiger partial charge >= 0.3 is 0 Å². The largest absolute Gasteiger partial charge is 0.394 e. The monoisotopic (exact) mass is 421 g/mol. The molecule has 0 aliphatic heterocycles. The summed E-state index contributed by atoms with van der Waals surface area (Å²) in [4.78, 5) is 12.5. The van der Waals surface area contributed by atoms with E-state index in [9.17, 15) is 19.4 Å². The van der Waals surface area contributed by atoms with Crippen LogP contribution in [-0.4, -0.2) is 34.7 Å². The van der Waals surface area contributed by atoms with Crippen molar-refractivity contribution < 1.29 is 19.4 Å². The van der Waals surface area contributed by atoms with Crippen molar-refractivity contribution in [3.63, 3.8) is 0 Å². The first-order chi connectivity index (χ1) is 14.9. The number of aryl methyl sites for hydroxylation is 3. The second kappa shape index (κ2) is 10.4. The molecule has 0 bridgehead atoms. The molecule has 4 nitrogen and oxygen atoms in total. The third-order valence-electron chi connectivity index (χ3n) is 5.59. The van der Waals surface area contributed by atoms with Gasteiger partial charge in [-0.05, 0) is 66.6 Å². The molecule has 3 aromatic rings. The van der Waals surface area contributed by atoms with E-state index in [0.717, 1.165) is 24.0 Å². The van der Waals surface area contributed by atoms with Gasteiger partial charge in [-0.1, -0.05) is 48.5 Å². The molecule has 0 radical (unpaired) electrons. The van der Waals surface area contributed by atoms with E-state index in [2.05, 4.69) is 24.3 Å². The van der Waals surface area contributed by atoms with Gasteiger partial charge in [-0.2, -0.15) is 0 Å². The molecule has 3 aromatic carbocycles. The SMILES string of the molecule is NC(CO)(CO)CCc1ccc(CCc2ccc(C(=O)c3ccc(F)cc3)cc2)cc1. The van der Waals surface area contributed by atoms with Gasteiger partial charge in [0.15, 0.2) is 5.78 Å². The van der Waals surface area contributed by atoms with Gasteiger partial charge in [0.2, 0.25) is 0 Å². The van der Waals surface area contributed by atoms with Crippen LogP contribution in [0.25, 0.3) is 0 Å². The van der Waals surface area contributed by atoms with Crippen molar-refractivity contribution >= 4 is 5.78 Å². The molecule has 0 aliphatic carbocycles. The maximum absolute atomic E-state index is 13.0. The van der Waals surface area contributed by atoms with Crippen molar-refractivity contribution in [2.75, 3.05) is 13.2 Å². The highest BCUT2D eigenvalue weighted by atomic mass is 19.1. The normalized spacial score (nSPS) is 11.5. The van der Waals surface area contributed by atoms with Crippen LogP contribution in [0.2, 0.25) is 0 Å². The second-order valence-electron chi connectivity index (χ2n) is 8.03. The van der Waals surface area contributed by atoms with E-state index in [1.54, 1.807) is 0 Å². The van der Waals surface area contributed by atoms with Crippen molar-refractivity contribution in [1.82, 2.24) is 0 Å². The van der Waals surface area contributed by atoms with E-state index < -0.39 is 5.54 Å². The van der Waals surface area contributed by atoms with Gasteiger partial charge in [-0.25, -0.2) is 4.39 Å². The van der Waals surface area contributed by atoms with Crippen molar-refractivity contribution in [3.05, 3.63) is 106 Å². The molecule has 0 heterocycles. The Balaban J connectivity index is 1.53. The second-order valence-corrected chi connectivity index (χ2v) is 8.03. The maximum Gasteiger partial charge on any atom is 0.193 e. The first-order valence-electron chi connectivity index (χ1n) is 10.4. The van der Waals surface area contributed by atoms with E-state index >= 15 is 0 Å².